The summed E-state index contributed by atoms with van der Waals surface area (Å²) in [4.78, 5) is 0. The van der Waals surface area contributed by atoms with Crippen molar-refractivity contribution < 1.29 is 9.47 Å². The van der Waals surface area contributed by atoms with E-state index in [4.69, 9.17) is 9.47 Å². The van der Waals surface area contributed by atoms with Gasteiger partial charge in [0.15, 0.2) is 0 Å². The summed E-state index contributed by atoms with van der Waals surface area (Å²) >= 11 is 0. The fourth-order valence-corrected chi connectivity index (χ4v) is 2.86. The van der Waals surface area contributed by atoms with Crippen molar-refractivity contribution in [1.82, 2.24) is 5.32 Å². The minimum Gasteiger partial charge on any atom is -0.497 e. The van der Waals surface area contributed by atoms with Crippen LogP contribution in [0.5, 0.6) is 5.75 Å². The fraction of sp³-hybridized carbons (Fsp3) is 0.600. The molecule has 1 aliphatic rings. The minimum absolute atomic E-state index is 0.185. The Morgan fingerprint density at radius 1 is 1.33 bits per heavy atom. The largest absolute Gasteiger partial charge is 0.497 e. The summed E-state index contributed by atoms with van der Waals surface area (Å²) in [7, 11) is 3.72. The second kappa shape index (κ2) is 5.72. The highest BCUT2D eigenvalue weighted by Crippen LogP contribution is 2.41. The van der Waals surface area contributed by atoms with Gasteiger partial charge in [0.05, 0.1) is 20.3 Å². The molecular weight excluding hydrogens is 226 g/mol. The first-order valence-corrected chi connectivity index (χ1v) is 6.63. The molecule has 0 aromatic heterocycles. The summed E-state index contributed by atoms with van der Waals surface area (Å²) in [6.45, 7) is 4.95. The average molecular weight is 249 g/mol. The van der Waals surface area contributed by atoms with Crippen molar-refractivity contribution in [3.05, 3.63) is 29.8 Å². The lowest BCUT2D eigenvalue weighted by Gasteiger charge is -2.47. The van der Waals surface area contributed by atoms with Crippen LogP contribution in [-0.2, 0) is 10.2 Å². The number of hydrogen-bond acceptors (Lipinski definition) is 3. The molecule has 0 saturated carbocycles. The van der Waals surface area contributed by atoms with Crippen LogP contribution in [0, 0.1) is 5.92 Å². The Bertz CT molecular complexity index is 371. The quantitative estimate of drug-likeness (QED) is 0.838. The summed E-state index contributed by atoms with van der Waals surface area (Å²) in [5, 5.41) is 3.30. The molecule has 3 heteroatoms. The second-order valence-corrected chi connectivity index (χ2v) is 5.04. The maximum atomic E-state index is 5.52. The molecule has 3 nitrogen and oxygen atoms in total. The van der Waals surface area contributed by atoms with E-state index in [1.807, 2.05) is 19.2 Å². The molecule has 0 spiro atoms. The maximum absolute atomic E-state index is 5.52. The third kappa shape index (κ3) is 2.25. The molecular formula is C15H23NO2. The Hall–Kier alpha value is -1.06. The Balaban J connectivity index is 2.24. The molecule has 1 saturated heterocycles. The molecule has 1 atom stereocenters. The number of rotatable bonds is 6. The highest BCUT2D eigenvalue weighted by molar-refractivity contribution is 5.35. The van der Waals surface area contributed by atoms with Gasteiger partial charge >= 0.3 is 0 Å². The molecule has 1 fully saturated rings. The number of benzene rings is 1. The summed E-state index contributed by atoms with van der Waals surface area (Å²) in [6, 6.07) is 8.45. The highest BCUT2D eigenvalue weighted by atomic mass is 16.5. The fourth-order valence-electron chi connectivity index (χ4n) is 2.86. The Labute approximate surface area is 109 Å². The van der Waals surface area contributed by atoms with Crippen molar-refractivity contribution in [3.8, 4) is 5.75 Å². The van der Waals surface area contributed by atoms with E-state index in [9.17, 15) is 0 Å². The van der Waals surface area contributed by atoms with Crippen LogP contribution in [0.1, 0.15) is 18.9 Å². The van der Waals surface area contributed by atoms with E-state index >= 15 is 0 Å². The van der Waals surface area contributed by atoms with Gasteiger partial charge in [-0.15, -0.1) is 0 Å². The minimum atomic E-state index is 0.185. The molecule has 1 heterocycles. The number of hydrogen-bond donors (Lipinski definition) is 1. The van der Waals surface area contributed by atoms with Gasteiger partial charge in [0.1, 0.15) is 5.75 Å². The SMILES string of the molecule is CCC(CNC)C1(c2ccc(OC)cc2)COC1. The molecule has 0 amide bonds. The molecule has 1 aliphatic heterocycles. The van der Waals surface area contributed by atoms with E-state index in [2.05, 4.69) is 24.4 Å². The summed E-state index contributed by atoms with van der Waals surface area (Å²) in [5.74, 6) is 1.53. The Morgan fingerprint density at radius 2 is 2.00 bits per heavy atom. The van der Waals surface area contributed by atoms with E-state index in [1.54, 1.807) is 7.11 Å². The van der Waals surface area contributed by atoms with E-state index in [1.165, 1.54) is 5.56 Å². The van der Waals surface area contributed by atoms with E-state index in [0.29, 0.717) is 5.92 Å². The topological polar surface area (TPSA) is 30.5 Å². The molecule has 2 rings (SSSR count). The molecule has 1 aromatic carbocycles. The van der Waals surface area contributed by atoms with Gasteiger partial charge in [-0.1, -0.05) is 25.5 Å². The van der Waals surface area contributed by atoms with Crippen molar-refractivity contribution in [1.29, 1.82) is 0 Å². The van der Waals surface area contributed by atoms with Crippen LogP contribution < -0.4 is 10.1 Å². The number of ether oxygens (including phenoxy) is 2. The molecule has 100 valence electrons. The predicted molar refractivity (Wildman–Crippen MR) is 73.2 cm³/mol. The van der Waals surface area contributed by atoms with Crippen molar-refractivity contribution in [2.24, 2.45) is 5.92 Å². The van der Waals surface area contributed by atoms with Crippen LogP contribution in [0.4, 0.5) is 0 Å². The molecule has 18 heavy (non-hydrogen) atoms. The second-order valence-electron chi connectivity index (χ2n) is 5.04. The van der Waals surface area contributed by atoms with E-state index in [-0.39, 0.29) is 5.41 Å². The summed E-state index contributed by atoms with van der Waals surface area (Å²) < 4.78 is 10.7. The smallest absolute Gasteiger partial charge is 0.118 e. The van der Waals surface area contributed by atoms with Crippen LogP contribution in [0.3, 0.4) is 0 Å². The first-order valence-electron chi connectivity index (χ1n) is 6.63. The van der Waals surface area contributed by atoms with Crippen LogP contribution in [0.2, 0.25) is 0 Å². The third-order valence-corrected chi connectivity index (χ3v) is 4.11. The maximum Gasteiger partial charge on any atom is 0.118 e. The summed E-state index contributed by atoms with van der Waals surface area (Å²) in [6.07, 6.45) is 1.16. The van der Waals surface area contributed by atoms with Crippen LogP contribution >= 0.6 is 0 Å². The first-order chi connectivity index (χ1) is 8.76. The zero-order valence-corrected chi connectivity index (χ0v) is 11.5. The highest BCUT2D eigenvalue weighted by Gasteiger charge is 2.45. The van der Waals surface area contributed by atoms with Crippen LogP contribution in [0.15, 0.2) is 24.3 Å². The zero-order valence-electron chi connectivity index (χ0n) is 11.5. The van der Waals surface area contributed by atoms with E-state index in [0.717, 1.165) is 31.9 Å². The summed E-state index contributed by atoms with van der Waals surface area (Å²) in [5.41, 5.74) is 1.56. The molecule has 1 N–H and O–H groups in total. The molecule has 1 aromatic rings. The average Bonchev–Trinajstić information content (AvgIpc) is 2.37. The monoisotopic (exact) mass is 249 g/mol. The number of nitrogens with one attached hydrogen (secondary N) is 1. The van der Waals surface area contributed by atoms with Gasteiger partial charge in [-0.25, -0.2) is 0 Å². The standard InChI is InChI=1S/C15H23NO2/c1-4-12(9-16-2)15(10-18-11-15)13-5-7-14(17-3)8-6-13/h5-8,12,16H,4,9-11H2,1-3H3. The van der Waals surface area contributed by atoms with Crippen LogP contribution in [0.25, 0.3) is 0 Å². The molecule has 0 aliphatic carbocycles. The van der Waals surface area contributed by atoms with Gasteiger partial charge in [0.2, 0.25) is 0 Å². The first kappa shape index (κ1) is 13.4. The third-order valence-electron chi connectivity index (χ3n) is 4.11. The van der Waals surface area contributed by atoms with Gasteiger partial charge in [0, 0.05) is 5.41 Å². The lowest BCUT2D eigenvalue weighted by Crippen LogP contribution is -2.54. The van der Waals surface area contributed by atoms with Gasteiger partial charge < -0.3 is 14.8 Å². The van der Waals surface area contributed by atoms with Gasteiger partial charge in [-0.2, -0.15) is 0 Å². The van der Waals surface area contributed by atoms with Crippen molar-refractivity contribution >= 4 is 0 Å². The van der Waals surface area contributed by atoms with Crippen molar-refractivity contribution in [3.63, 3.8) is 0 Å². The van der Waals surface area contributed by atoms with Gasteiger partial charge in [-0.3, -0.25) is 0 Å². The predicted octanol–water partition coefficient (Wildman–Crippen LogP) is 2.21. The zero-order chi connectivity index (χ0) is 13.0. The lowest BCUT2D eigenvalue weighted by atomic mass is 9.67. The van der Waals surface area contributed by atoms with E-state index < -0.39 is 0 Å². The van der Waals surface area contributed by atoms with Crippen molar-refractivity contribution in [2.45, 2.75) is 18.8 Å². The normalized spacial score (nSPS) is 19.1. The van der Waals surface area contributed by atoms with Crippen LogP contribution in [-0.4, -0.2) is 33.9 Å². The molecule has 1 unspecified atom stereocenters. The van der Waals surface area contributed by atoms with Gasteiger partial charge in [-0.05, 0) is 37.2 Å². The Morgan fingerprint density at radius 3 is 2.39 bits per heavy atom. The lowest BCUT2D eigenvalue weighted by molar-refractivity contribution is -0.0909. The van der Waals surface area contributed by atoms with Crippen molar-refractivity contribution in [2.75, 3.05) is 33.9 Å². The van der Waals surface area contributed by atoms with Gasteiger partial charge in [0.25, 0.3) is 0 Å². The molecule has 0 radical (unpaired) electrons. The Kier molecular flexibility index (Phi) is 4.25. The number of methoxy groups -OCH3 is 1. The molecule has 0 bridgehead atoms.